The Bertz CT molecular complexity index is 430. The van der Waals surface area contributed by atoms with Crippen LogP contribution in [0.1, 0.15) is 31.9 Å². The van der Waals surface area contributed by atoms with Crippen LogP contribution >= 0.6 is 0 Å². The third-order valence-corrected chi connectivity index (χ3v) is 3.46. The first-order chi connectivity index (χ1) is 9.46. The van der Waals surface area contributed by atoms with Gasteiger partial charge in [0.15, 0.2) is 5.96 Å². The first-order valence-corrected chi connectivity index (χ1v) is 7.35. The zero-order valence-corrected chi connectivity index (χ0v) is 13.4. The largest absolute Gasteiger partial charge is 0.370 e. The third kappa shape index (κ3) is 5.21. The number of hydrogen-bond donors (Lipinski definition) is 2. The van der Waals surface area contributed by atoms with Crippen molar-refractivity contribution in [2.24, 2.45) is 10.7 Å². The van der Waals surface area contributed by atoms with Crippen molar-refractivity contribution in [3.63, 3.8) is 0 Å². The molecule has 0 fully saturated rings. The number of aliphatic imine (C=N–C) groups is 1. The number of aryl methyl sites for hydroxylation is 2. The lowest BCUT2D eigenvalue weighted by molar-refractivity contribution is 0.237. The zero-order valence-electron chi connectivity index (χ0n) is 13.4. The number of rotatable bonds is 6. The van der Waals surface area contributed by atoms with Crippen molar-refractivity contribution in [3.8, 4) is 0 Å². The van der Waals surface area contributed by atoms with E-state index in [-0.39, 0.29) is 0 Å². The van der Waals surface area contributed by atoms with Gasteiger partial charge in [-0.3, -0.25) is 9.89 Å². The van der Waals surface area contributed by atoms with Crippen molar-refractivity contribution >= 4 is 11.6 Å². The molecule has 4 heteroatoms. The molecule has 1 rings (SSSR count). The predicted octanol–water partition coefficient (Wildman–Crippen LogP) is 2.76. The number of hydrogen-bond acceptors (Lipinski definition) is 2. The van der Waals surface area contributed by atoms with Gasteiger partial charge in [-0.15, -0.1) is 0 Å². The molecule has 0 heterocycles. The molecule has 3 N–H and O–H groups in total. The Morgan fingerprint density at radius 2 is 1.75 bits per heavy atom. The van der Waals surface area contributed by atoms with Crippen molar-refractivity contribution in [1.82, 2.24) is 4.90 Å². The lowest BCUT2D eigenvalue weighted by Gasteiger charge is -2.24. The topological polar surface area (TPSA) is 53.6 Å². The van der Waals surface area contributed by atoms with Crippen LogP contribution in [0.3, 0.4) is 0 Å². The summed E-state index contributed by atoms with van der Waals surface area (Å²) in [6, 6.07) is 6.69. The molecule has 4 nitrogen and oxygen atoms in total. The van der Waals surface area contributed by atoms with Crippen molar-refractivity contribution in [2.45, 2.75) is 40.7 Å². The number of benzene rings is 1. The second-order valence-electron chi connectivity index (χ2n) is 5.30. The van der Waals surface area contributed by atoms with Crippen LogP contribution in [-0.4, -0.2) is 36.5 Å². The van der Waals surface area contributed by atoms with Crippen LogP contribution in [0.15, 0.2) is 23.2 Å². The van der Waals surface area contributed by atoms with E-state index in [1.807, 2.05) is 0 Å². The minimum Gasteiger partial charge on any atom is -0.370 e. The third-order valence-electron chi connectivity index (χ3n) is 3.46. The minimum atomic E-state index is 0.407. The van der Waals surface area contributed by atoms with Gasteiger partial charge in [0, 0.05) is 11.7 Å². The number of anilines is 1. The molecular weight excluding hydrogens is 248 g/mol. The first-order valence-electron chi connectivity index (χ1n) is 7.35. The summed E-state index contributed by atoms with van der Waals surface area (Å²) < 4.78 is 0. The number of nitrogens with two attached hydrogens (primary N) is 1. The quantitative estimate of drug-likeness (QED) is 0.620. The fraction of sp³-hybridized carbons (Fsp3) is 0.562. The Hall–Kier alpha value is -1.55. The number of nitrogens with zero attached hydrogens (tertiary/aromatic N) is 2. The highest BCUT2D eigenvalue weighted by Gasteiger charge is 2.09. The fourth-order valence-electron chi connectivity index (χ4n) is 2.43. The zero-order chi connectivity index (χ0) is 15.1. The Labute approximate surface area is 123 Å². The molecule has 0 aliphatic heterocycles. The SMILES string of the molecule is CCN(CC)C(C)CN=C(N)Nc1cc(C)cc(C)c1. The van der Waals surface area contributed by atoms with Gasteiger partial charge in [-0.05, 0) is 57.1 Å². The van der Waals surface area contributed by atoms with Crippen LogP contribution in [0, 0.1) is 13.8 Å². The molecule has 0 aliphatic rings. The Balaban J connectivity index is 2.61. The Kier molecular flexibility index (Phi) is 6.52. The van der Waals surface area contributed by atoms with Crippen molar-refractivity contribution < 1.29 is 0 Å². The summed E-state index contributed by atoms with van der Waals surface area (Å²) in [5, 5.41) is 3.16. The maximum absolute atomic E-state index is 5.96. The molecule has 0 radical (unpaired) electrons. The summed E-state index contributed by atoms with van der Waals surface area (Å²) in [5.41, 5.74) is 9.40. The normalized spacial score (nSPS) is 13.6. The van der Waals surface area contributed by atoms with Crippen LogP contribution in [0.4, 0.5) is 5.69 Å². The van der Waals surface area contributed by atoms with Crippen LogP contribution in [0.25, 0.3) is 0 Å². The van der Waals surface area contributed by atoms with E-state index in [4.69, 9.17) is 5.73 Å². The molecule has 0 saturated heterocycles. The van der Waals surface area contributed by atoms with Crippen LogP contribution in [0.5, 0.6) is 0 Å². The molecule has 20 heavy (non-hydrogen) atoms. The van der Waals surface area contributed by atoms with E-state index in [0.29, 0.717) is 18.5 Å². The molecular formula is C16H28N4. The molecule has 0 saturated carbocycles. The highest BCUT2D eigenvalue weighted by Crippen LogP contribution is 2.13. The highest BCUT2D eigenvalue weighted by molar-refractivity contribution is 5.92. The van der Waals surface area contributed by atoms with Crippen LogP contribution < -0.4 is 11.1 Å². The molecule has 0 amide bonds. The van der Waals surface area contributed by atoms with Gasteiger partial charge in [-0.25, -0.2) is 0 Å². The van der Waals surface area contributed by atoms with E-state index in [1.54, 1.807) is 0 Å². The Morgan fingerprint density at radius 3 is 2.25 bits per heavy atom. The Morgan fingerprint density at radius 1 is 1.20 bits per heavy atom. The number of guanidine groups is 1. The predicted molar refractivity (Wildman–Crippen MR) is 88.4 cm³/mol. The molecule has 112 valence electrons. The molecule has 1 atom stereocenters. The second kappa shape index (κ2) is 7.90. The maximum Gasteiger partial charge on any atom is 0.193 e. The summed E-state index contributed by atoms with van der Waals surface area (Å²) in [4.78, 5) is 6.81. The summed E-state index contributed by atoms with van der Waals surface area (Å²) >= 11 is 0. The monoisotopic (exact) mass is 276 g/mol. The summed E-state index contributed by atoms with van der Waals surface area (Å²) in [6.07, 6.45) is 0. The first kappa shape index (κ1) is 16.5. The molecule has 0 aliphatic carbocycles. The average molecular weight is 276 g/mol. The van der Waals surface area contributed by atoms with E-state index >= 15 is 0 Å². The average Bonchev–Trinajstić information content (AvgIpc) is 2.36. The van der Waals surface area contributed by atoms with Gasteiger partial charge in [-0.2, -0.15) is 0 Å². The van der Waals surface area contributed by atoms with Crippen molar-refractivity contribution in [2.75, 3.05) is 25.0 Å². The van der Waals surface area contributed by atoms with Crippen LogP contribution in [0.2, 0.25) is 0 Å². The maximum atomic E-state index is 5.96. The van der Waals surface area contributed by atoms with Gasteiger partial charge in [0.05, 0.1) is 6.54 Å². The fourth-order valence-corrected chi connectivity index (χ4v) is 2.43. The van der Waals surface area contributed by atoms with Crippen molar-refractivity contribution in [3.05, 3.63) is 29.3 Å². The number of likely N-dealkylation sites (N-methyl/N-ethyl adjacent to an activating group) is 1. The van der Waals surface area contributed by atoms with E-state index in [9.17, 15) is 0 Å². The van der Waals surface area contributed by atoms with Gasteiger partial charge in [0.1, 0.15) is 0 Å². The molecule has 0 bridgehead atoms. The summed E-state index contributed by atoms with van der Waals surface area (Å²) in [5.74, 6) is 0.481. The smallest absolute Gasteiger partial charge is 0.193 e. The number of nitrogens with one attached hydrogen (secondary N) is 1. The van der Waals surface area contributed by atoms with E-state index in [0.717, 1.165) is 18.8 Å². The standard InChI is InChI=1S/C16H28N4/c1-6-20(7-2)14(5)11-18-16(17)19-15-9-12(3)8-13(4)10-15/h8-10,14H,6-7,11H2,1-5H3,(H3,17,18,19). The van der Waals surface area contributed by atoms with Gasteiger partial charge in [0.25, 0.3) is 0 Å². The molecule has 1 aromatic carbocycles. The lowest BCUT2D eigenvalue weighted by Crippen LogP contribution is -2.36. The van der Waals surface area contributed by atoms with Gasteiger partial charge >= 0.3 is 0 Å². The second-order valence-corrected chi connectivity index (χ2v) is 5.30. The van der Waals surface area contributed by atoms with Crippen LogP contribution in [-0.2, 0) is 0 Å². The molecule has 1 unspecified atom stereocenters. The van der Waals surface area contributed by atoms with E-state index < -0.39 is 0 Å². The molecule has 0 aromatic heterocycles. The van der Waals surface area contributed by atoms with Gasteiger partial charge < -0.3 is 11.1 Å². The summed E-state index contributed by atoms with van der Waals surface area (Å²) in [6.45, 7) is 13.5. The van der Waals surface area contributed by atoms with Gasteiger partial charge in [0.2, 0.25) is 0 Å². The van der Waals surface area contributed by atoms with Gasteiger partial charge in [-0.1, -0.05) is 19.9 Å². The minimum absolute atomic E-state index is 0.407. The lowest BCUT2D eigenvalue weighted by atomic mass is 10.1. The molecule has 1 aromatic rings. The van der Waals surface area contributed by atoms with E-state index in [1.165, 1.54) is 11.1 Å². The summed E-state index contributed by atoms with van der Waals surface area (Å²) in [7, 11) is 0. The van der Waals surface area contributed by atoms with Crippen molar-refractivity contribution in [1.29, 1.82) is 0 Å². The molecule has 0 spiro atoms. The highest BCUT2D eigenvalue weighted by atomic mass is 15.2. The van der Waals surface area contributed by atoms with E-state index in [2.05, 4.69) is 68.0 Å².